The van der Waals surface area contributed by atoms with E-state index in [0.717, 1.165) is 6.20 Å². The molecule has 0 radical (unpaired) electrons. The summed E-state index contributed by atoms with van der Waals surface area (Å²) < 4.78 is 42.1. The summed E-state index contributed by atoms with van der Waals surface area (Å²) >= 11 is 1.54. The molecule has 0 saturated carbocycles. The van der Waals surface area contributed by atoms with Crippen LogP contribution in [-0.2, 0) is 0 Å². The van der Waals surface area contributed by atoms with Gasteiger partial charge in [-0.1, -0.05) is 0 Å². The fourth-order valence-electron chi connectivity index (χ4n) is 0.827. The molecule has 0 N–H and O–H groups in total. The molecule has 1 aromatic heterocycles. The van der Waals surface area contributed by atoms with Gasteiger partial charge in [0.2, 0.25) is 0 Å². The van der Waals surface area contributed by atoms with Crippen LogP contribution in [0.15, 0.2) is 6.20 Å². The van der Waals surface area contributed by atoms with Gasteiger partial charge < -0.3 is 4.74 Å². The van der Waals surface area contributed by atoms with Gasteiger partial charge in [0, 0.05) is 0 Å². The summed E-state index contributed by atoms with van der Waals surface area (Å²) in [6.07, 6.45) is -1.82. The fraction of sp³-hybridized carbons (Fsp3) is 0.286. The van der Waals surface area contributed by atoms with E-state index in [4.69, 9.17) is 0 Å². The monoisotopic (exact) mass is 303 g/mol. The van der Waals surface area contributed by atoms with Crippen LogP contribution in [0.1, 0.15) is 12.0 Å². The summed E-state index contributed by atoms with van der Waals surface area (Å²) in [5.74, 6) is -1.25. The predicted octanol–water partition coefficient (Wildman–Crippen LogP) is 2.77. The van der Waals surface area contributed by atoms with Crippen LogP contribution in [0.25, 0.3) is 0 Å². The molecule has 1 heterocycles. The standard InChI is InChI=1S/C7H5F3INO/c1-13-3-2-12-7(11)5(8)4(3)6(9)10/h2,6H,1H3. The summed E-state index contributed by atoms with van der Waals surface area (Å²) in [5.41, 5.74) is -0.734. The van der Waals surface area contributed by atoms with E-state index in [1.54, 1.807) is 22.6 Å². The molecule has 6 heteroatoms. The highest BCUT2D eigenvalue weighted by Gasteiger charge is 2.22. The Bertz CT molecular complexity index is 319. The number of hydrogen-bond acceptors (Lipinski definition) is 2. The number of aromatic nitrogens is 1. The highest BCUT2D eigenvalue weighted by Crippen LogP contribution is 2.32. The molecule has 0 unspecified atom stereocenters. The van der Waals surface area contributed by atoms with Gasteiger partial charge in [-0.15, -0.1) is 0 Å². The smallest absolute Gasteiger partial charge is 0.270 e. The third-order valence-electron chi connectivity index (χ3n) is 1.42. The molecular formula is C7H5F3INO. The van der Waals surface area contributed by atoms with Crippen molar-refractivity contribution >= 4 is 22.6 Å². The van der Waals surface area contributed by atoms with Crippen LogP contribution in [0.2, 0.25) is 0 Å². The van der Waals surface area contributed by atoms with Crippen molar-refractivity contribution in [3.05, 3.63) is 21.3 Å². The van der Waals surface area contributed by atoms with E-state index in [1.807, 2.05) is 0 Å². The van der Waals surface area contributed by atoms with Crippen molar-refractivity contribution in [1.29, 1.82) is 0 Å². The molecule has 0 spiro atoms. The zero-order valence-corrected chi connectivity index (χ0v) is 8.68. The first-order chi connectivity index (χ1) is 6.07. The molecule has 2 nitrogen and oxygen atoms in total. The van der Waals surface area contributed by atoms with Crippen LogP contribution in [0.5, 0.6) is 5.75 Å². The maximum Gasteiger partial charge on any atom is 0.270 e. The molecule has 0 fully saturated rings. The Hall–Kier alpha value is -0.530. The first-order valence-corrected chi connectivity index (χ1v) is 4.31. The Balaban J connectivity index is 3.32. The van der Waals surface area contributed by atoms with E-state index < -0.39 is 17.8 Å². The van der Waals surface area contributed by atoms with Gasteiger partial charge in [-0.2, -0.15) is 0 Å². The van der Waals surface area contributed by atoms with E-state index in [0.29, 0.717) is 0 Å². The van der Waals surface area contributed by atoms with E-state index in [9.17, 15) is 13.2 Å². The van der Waals surface area contributed by atoms with Crippen molar-refractivity contribution < 1.29 is 17.9 Å². The van der Waals surface area contributed by atoms with Crippen LogP contribution < -0.4 is 4.74 Å². The molecule has 0 bridgehead atoms. The van der Waals surface area contributed by atoms with Crippen LogP contribution >= 0.6 is 22.6 Å². The van der Waals surface area contributed by atoms with Crippen molar-refractivity contribution in [1.82, 2.24) is 4.98 Å². The van der Waals surface area contributed by atoms with Gasteiger partial charge in [0.05, 0.1) is 18.9 Å². The van der Waals surface area contributed by atoms with Crippen molar-refractivity contribution in [3.63, 3.8) is 0 Å². The Morgan fingerprint density at radius 2 is 2.15 bits per heavy atom. The normalized spacial score (nSPS) is 10.6. The van der Waals surface area contributed by atoms with Crippen molar-refractivity contribution in [2.75, 3.05) is 7.11 Å². The average molecular weight is 303 g/mol. The Labute approximate surface area is 86.3 Å². The van der Waals surface area contributed by atoms with Crippen molar-refractivity contribution in [2.45, 2.75) is 6.43 Å². The molecular weight excluding hydrogens is 298 g/mol. The average Bonchev–Trinajstić information content (AvgIpc) is 2.08. The first-order valence-electron chi connectivity index (χ1n) is 3.24. The molecule has 1 aromatic rings. The van der Waals surface area contributed by atoms with Gasteiger partial charge in [0.1, 0.15) is 9.45 Å². The molecule has 0 aromatic carbocycles. The number of hydrogen-bond donors (Lipinski definition) is 0. The van der Waals surface area contributed by atoms with Crippen LogP contribution in [0.3, 0.4) is 0 Å². The zero-order chi connectivity index (χ0) is 10.0. The summed E-state index contributed by atoms with van der Waals surface area (Å²) in [5, 5.41) is 0. The van der Waals surface area contributed by atoms with Crippen molar-refractivity contribution in [3.8, 4) is 5.75 Å². The zero-order valence-electron chi connectivity index (χ0n) is 6.52. The second-order valence-electron chi connectivity index (χ2n) is 2.15. The Kier molecular flexibility index (Phi) is 3.34. The van der Waals surface area contributed by atoms with Crippen molar-refractivity contribution in [2.24, 2.45) is 0 Å². The second-order valence-corrected chi connectivity index (χ2v) is 3.17. The molecule has 1 rings (SSSR count). The Morgan fingerprint density at radius 3 is 2.62 bits per heavy atom. The van der Waals surface area contributed by atoms with Gasteiger partial charge in [-0.3, -0.25) is 0 Å². The predicted molar refractivity (Wildman–Crippen MR) is 48.4 cm³/mol. The van der Waals surface area contributed by atoms with Gasteiger partial charge >= 0.3 is 0 Å². The molecule has 0 amide bonds. The first kappa shape index (κ1) is 10.6. The fourth-order valence-corrected chi connectivity index (χ4v) is 1.26. The van der Waals surface area contributed by atoms with E-state index in [1.165, 1.54) is 7.11 Å². The highest BCUT2D eigenvalue weighted by molar-refractivity contribution is 14.1. The number of halogens is 4. The molecule has 72 valence electrons. The lowest BCUT2D eigenvalue weighted by Crippen LogP contribution is -2.01. The quantitative estimate of drug-likeness (QED) is 0.619. The number of ether oxygens (including phenoxy) is 1. The summed E-state index contributed by atoms with van der Waals surface area (Å²) in [4.78, 5) is 3.55. The lowest BCUT2D eigenvalue weighted by molar-refractivity contribution is 0.141. The van der Waals surface area contributed by atoms with E-state index >= 15 is 0 Å². The highest BCUT2D eigenvalue weighted by atomic mass is 127. The van der Waals surface area contributed by atoms with Gasteiger partial charge in [-0.05, 0) is 22.6 Å². The molecule has 13 heavy (non-hydrogen) atoms. The number of alkyl halides is 2. The van der Waals surface area contributed by atoms with Crippen LogP contribution in [0.4, 0.5) is 13.2 Å². The SMILES string of the molecule is COc1cnc(I)c(F)c1C(F)F. The Morgan fingerprint density at radius 1 is 1.54 bits per heavy atom. The van der Waals surface area contributed by atoms with Gasteiger partial charge in [-0.25, -0.2) is 18.2 Å². The van der Waals surface area contributed by atoms with Gasteiger partial charge in [0.25, 0.3) is 6.43 Å². The topological polar surface area (TPSA) is 22.1 Å². The summed E-state index contributed by atoms with van der Waals surface area (Å²) in [7, 11) is 1.19. The third kappa shape index (κ3) is 2.04. The minimum Gasteiger partial charge on any atom is -0.495 e. The molecule has 0 saturated heterocycles. The second kappa shape index (κ2) is 4.12. The molecule has 0 atom stereocenters. The van der Waals surface area contributed by atoms with E-state index in [-0.39, 0.29) is 9.45 Å². The van der Waals surface area contributed by atoms with E-state index in [2.05, 4.69) is 9.72 Å². The van der Waals surface area contributed by atoms with Gasteiger partial charge in [0.15, 0.2) is 5.82 Å². The summed E-state index contributed by atoms with van der Waals surface area (Å²) in [6, 6.07) is 0. The summed E-state index contributed by atoms with van der Waals surface area (Å²) in [6.45, 7) is 0. The minimum absolute atomic E-state index is 0.0892. The maximum absolute atomic E-state index is 13.1. The largest absolute Gasteiger partial charge is 0.495 e. The molecule has 0 aliphatic carbocycles. The number of nitrogens with zero attached hydrogens (tertiary/aromatic N) is 1. The molecule has 0 aliphatic rings. The lowest BCUT2D eigenvalue weighted by atomic mass is 10.2. The number of pyridine rings is 1. The van der Waals surface area contributed by atoms with Crippen LogP contribution in [-0.4, -0.2) is 12.1 Å². The molecule has 0 aliphatic heterocycles. The number of rotatable bonds is 2. The maximum atomic E-state index is 13.1. The third-order valence-corrected chi connectivity index (χ3v) is 2.17. The lowest BCUT2D eigenvalue weighted by Gasteiger charge is -2.08. The number of methoxy groups -OCH3 is 1. The minimum atomic E-state index is -2.90. The van der Waals surface area contributed by atoms with Crippen LogP contribution in [0, 0.1) is 9.52 Å².